The van der Waals surface area contributed by atoms with Gasteiger partial charge in [-0.1, -0.05) is 17.7 Å². The van der Waals surface area contributed by atoms with Crippen molar-refractivity contribution >= 4 is 23.2 Å². The molecule has 0 aliphatic carbocycles. The highest BCUT2D eigenvalue weighted by molar-refractivity contribution is 6.30. The highest BCUT2D eigenvalue weighted by Gasteiger charge is 2.22. The lowest BCUT2D eigenvalue weighted by Crippen LogP contribution is -2.04. The standard InChI is InChI=1S/C12H11Cl2NO/c1-12(2,14)10-7-15-11(16-10)8-4-3-5-9(13)6-8/h3-7H,1-2H3. The maximum atomic E-state index is 6.13. The summed E-state index contributed by atoms with van der Waals surface area (Å²) in [5.74, 6) is 1.18. The van der Waals surface area contributed by atoms with Crippen LogP contribution in [0.3, 0.4) is 0 Å². The van der Waals surface area contributed by atoms with Crippen LogP contribution in [-0.2, 0) is 4.87 Å². The SMILES string of the molecule is CC(C)(Cl)c1cnc(-c2cccc(Cl)c2)o1. The molecule has 0 aliphatic heterocycles. The van der Waals surface area contributed by atoms with Gasteiger partial charge < -0.3 is 4.42 Å². The second kappa shape index (κ2) is 4.11. The van der Waals surface area contributed by atoms with Gasteiger partial charge in [0.05, 0.1) is 11.1 Å². The maximum Gasteiger partial charge on any atom is 0.226 e. The molecule has 0 bridgehead atoms. The molecule has 0 N–H and O–H groups in total. The number of hydrogen-bond acceptors (Lipinski definition) is 2. The van der Waals surface area contributed by atoms with Crippen LogP contribution in [0.15, 0.2) is 34.9 Å². The summed E-state index contributed by atoms with van der Waals surface area (Å²) in [7, 11) is 0. The van der Waals surface area contributed by atoms with Gasteiger partial charge in [-0.15, -0.1) is 11.6 Å². The Balaban J connectivity index is 2.39. The van der Waals surface area contributed by atoms with Crippen LogP contribution >= 0.6 is 23.2 Å². The summed E-state index contributed by atoms with van der Waals surface area (Å²) in [6, 6.07) is 7.36. The molecule has 84 valence electrons. The average molecular weight is 256 g/mol. The normalized spacial score (nSPS) is 11.8. The van der Waals surface area contributed by atoms with Crippen molar-refractivity contribution in [3.8, 4) is 11.5 Å². The molecule has 1 aromatic heterocycles. The fourth-order valence-corrected chi connectivity index (χ4v) is 1.58. The molecule has 0 amide bonds. The third-order valence-corrected chi connectivity index (χ3v) is 2.58. The van der Waals surface area contributed by atoms with Crippen molar-refractivity contribution in [2.75, 3.05) is 0 Å². The van der Waals surface area contributed by atoms with E-state index in [9.17, 15) is 0 Å². The molecule has 0 fully saturated rings. The summed E-state index contributed by atoms with van der Waals surface area (Å²) in [4.78, 5) is 3.63. The average Bonchev–Trinajstić information content (AvgIpc) is 2.65. The summed E-state index contributed by atoms with van der Waals surface area (Å²) in [6.45, 7) is 3.72. The Labute approximate surface area is 104 Å². The van der Waals surface area contributed by atoms with E-state index in [-0.39, 0.29) is 0 Å². The Bertz CT molecular complexity index is 500. The van der Waals surface area contributed by atoms with Gasteiger partial charge in [0, 0.05) is 10.6 Å². The molecule has 1 heterocycles. The number of rotatable bonds is 2. The molecule has 2 nitrogen and oxygen atoms in total. The van der Waals surface area contributed by atoms with Gasteiger partial charge >= 0.3 is 0 Å². The summed E-state index contributed by atoms with van der Waals surface area (Å²) >= 11 is 12.0. The molecular weight excluding hydrogens is 245 g/mol. The van der Waals surface area contributed by atoms with Crippen LogP contribution < -0.4 is 0 Å². The predicted octanol–water partition coefficient (Wildman–Crippen LogP) is 4.47. The Morgan fingerprint density at radius 3 is 2.62 bits per heavy atom. The van der Waals surface area contributed by atoms with Gasteiger partial charge in [0.1, 0.15) is 5.76 Å². The lowest BCUT2D eigenvalue weighted by molar-refractivity contribution is 0.472. The maximum absolute atomic E-state index is 6.13. The number of aromatic nitrogens is 1. The first-order chi connectivity index (χ1) is 7.47. The third-order valence-electron chi connectivity index (χ3n) is 2.16. The van der Waals surface area contributed by atoms with E-state index in [0.29, 0.717) is 16.7 Å². The smallest absolute Gasteiger partial charge is 0.226 e. The van der Waals surface area contributed by atoms with Crippen molar-refractivity contribution in [2.45, 2.75) is 18.7 Å². The number of halogens is 2. The first kappa shape index (κ1) is 11.5. The minimum Gasteiger partial charge on any atom is -0.439 e. The Morgan fingerprint density at radius 1 is 1.31 bits per heavy atom. The van der Waals surface area contributed by atoms with Crippen LogP contribution in [0.5, 0.6) is 0 Å². The highest BCUT2D eigenvalue weighted by Crippen LogP contribution is 2.31. The summed E-state index contributed by atoms with van der Waals surface area (Å²) < 4.78 is 5.59. The lowest BCUT2D eigenvalue weighted by Gasteiger charge is -2.10. The van der Waals surface area contributed by atoms with E-state index >= 15 is 0 Å². The zero-order chi connectivity index (χ0) is 11.8. The number of benzene rings is 1. The van der Waals surface area contributed by atoms with Gasteiger partial charge in [-0.25, -0.2) is 4.98 Å². The first-order valence-corrected chi connectivity index (χ1v) is 5.63. The van der Waals surface area contributed by atoms with E-state index in [1.807, 2.05) is 26.0 Å². The molecule has 0 unspecified atom stereocenters. The van der Waals surface area contributed by atoms with Crippen molar-refractivity contribution in [2.24, 2.45) is 0 Å². The second-order valence-corrected chi connectivity index (χ2v) is 5.39. The van der Waals surface area contributed by atoms with Crippen molar-refractivity contribution < 1.29 is 4.42 Å². The van der Waals surface area contributed by atoms with Crippen LogP contribution in [0.2, 0.25) is 5.02 Å². The Kier molecular flexibility index (Phi) is 2.96. The molecule has 0 spiro atoms. The van der Waals surface area contributed by atoms with Crippen LogP contribution in [0.4, 0.5) is 0 Å². The molecule has 0 aliphatic rings. The van der Waals surface area contributed by atoms with E-state index in [0.717, 1.165) is 5.56 Å². The van der Waals surface area contributed by atoms with Crippen LogP contribution in [0.25, 0.3) is 11.5 Å². The van der Waals surface area contributed by atoms with E-state index in [2.05, 4.69) is 4.98 Å². The number of oxazole rings is 1. The number of hydrogen-bond donors (Lipinski definition) is 0. The largest absolute Gasteiger partial charge is 0.439 e. The molecule has 0 atom stereocenters. The van der Waals surface area contributed by atoms with Gasteiger partial charge in [0.15, 0.2) is 0 Å². The molecule has 2 aromatic rings. The second-order valence-electron chi connectivity index (χ2n) is 4.01. The Hall–Kier alpha value is -0.990. The van der Waals surface area contributed by atoms with Crippen LogP contribution in [0.1, 0.15) is 19.6 Å². The Morgan fingerprint density at radius 2 is 2.06 bits per heavy atom. The minimum atomic E-state index is -0.552. The quantitative estimate of drug-likeness (QED) is 0.741. The molecule has 0 saturated heterocycles. The summed E-state index contributed by atoms with van der Waals surface area (Å²) in [5, 5.41) is 0.655. The monoisotopic (exact) mass is 255 g/mol. The molecular formula is C12H11Cl2NO. The van der Waals surface area contributed by atoms with Gasteiger partial charge in [0.2, 0.25) is 5.89 Å². The van der Waals surface area contributed by atoms with Gasteiger partial charge in [-0.2, -0.15) is 0 Å². The van der Waals surface area contributed by atoms with E-state index < -0.39 is 4.87 Å². The van der Waals surface area contributed by atoms with E-state index in [1.54, 1.807) is 18.3 Å². The predicted molar refractivity (Wildman–Crippen MR) is 65.8 cm³/mol. The third kappa shape index (κ3) is 2.39. The van der Waals surface area contributed by atoms with Crippen molar-refractivity contribution in [3.63, 3.8) is 0 Å². The van der Waals surface area contributed by atoms with Gasteiger partial charge in [-0.05, 0) is 32.0 Å². The first-order valence-electron chi connectivity index (χ1n) is 4.88. The summed E-state index contributed by atoms with van der Waals surface area (Å²) in [6.07, 6.45) is 1.64. The molecule has 4 heteroatoms. The fourth-order valence-electron chi connectivity index (χ4n) is 1.30. The zero-order valence-corrected chi connectivity index (χ0v) is 10.5. The topological polar surface area (TPSA) is 26.0 Å². The fraction of sp³-hybridized carbons (Fsp3) is 0.250. The molecule has 2 rings (SSSR count). The highest BCUT2D eigenvalue weighted by atomic mass is 35.5. The van der Waals surface area contributed by atoms with Gasteiger partial charge in [-0.3, -0.25) is 0 Å². The minimum absolute atomic E-state index is 0.534. The van der Waals surface area contributed by atoms with Crippen molar-refractivity contribution in [3.05, 3.63) is 41.2 Å². The molecule has 0 saturated carbocycles. The van der Waals surface area contributed by atoms with E-state index in [4.69, 9.17) is 27.6 Å². The van der Waals surface area contributed by atoms with Crippen LogP contribution in [-0.4, -0.2) is 4.98 Å². The number of nitrogens with zero attached hydrogens (tertiary/aromatic N) is 1. The van der Waals surface area contributed by atoms with Crippen LogP contribution in [0, 0.1) is 0 Å². The summed E-state index contributed by atoms with van der Waals surface area (Å²) in [5.41, 5.74) is 0.847. The molecule has 0 radical (unpaired) electrons. The molecule has 1 aromatic carbocycles. The van der Waals surface area contributed by atoms with Gasteiger partial charge in [0.25, 0.3) is 0 Å². The molecule has 16 heavy (non-hydrogen) atoms. The zero-order valence-electron chi connectivity index (χ0n) is 9.00. The van der Waals surface area contributed by atoms with Crippen molar-refractivity contribution in [1.82, 2.24) is 4.98 Å². The van der Waals surface area contributed by atoms with Crippen molar-refractivity contribution in [1.29, 1.82) is 0 Å². The van der Waals surface area contributed by atoms with E-state index in [1.165, 1.54) is 0 Å². The lowest BCUT2D eigenvalue weighted by atomic mass is 10.2. The number of alkyl halides is 1.